The Morgan fingerprint density at radius 1 is 1.20 bits per heavy atom. The molecule has 1 aromatic carbocycles. The Morgan fingerprint density at radius 2 is 1.93 bits per heavy atom. The Balaban J connectivity index is 1.29. The number of likely N-dealkylation sites (tertiary alicyclic amines) is 1. The fraction of sp³-hybridized carbons (Fsp3) is 0.591. The summed E-state index contributed by atoms with van der Waals surface area (Å²) in [6.07, 6.45) is 6.16. The maximum atomic E-state index is 13.8. The Hall–Kier alpha value is -2.48. The van der Waals surface area contributed by atoms with E-state index in [1.54, 1.807) is 12.1 Å². The van der Waals surface area contributed by atoms with Crippen molar-refractivity contribution in [1.82, 2.24) is 20.4 Å². The SMILES string of the molecule is O=C(CN1C(=O)CNC1=O)NC1CCN(CC2(c3cccc(F)c3)CCCC2)CC1. The quantitative estimate of drug-likeness (QED) is 0.693. The zero-order valence-corrected chi connectivity index (χ0v) is 17.2. The highest BCUT2D eigenvalue weighted by Gasteiger charge is 2.38. The van der Waals surface area contributed by atoms with E-state index in [2.05, 4.69) is 21.6 Å². The van der Waals surface area contributed by atoms with Gasteiger partial charge in [0.15, 0.2) is 0 Å². The minimum absolute atomic E-state index is 0.0155. The van der Waals surface area contributed by atoms with Crippen LogP contribution in [0.4, 0.5) is 9.18 Å². The highest BCUT2D eigenvalue weighted by Crippen LogP contribution is 2.42. The lowest BCUT2D eigenvalue weighted by Crippen LogP contribution is -2.50. The fourth-order valence-corrected chi connectivity index (χ4v) is 5.10. The van der Waals surface area contributed by atoms with Crippen molar-refractivity contribution >= 4 is 17.8 Å². The van der Waals surface area contributed by atoms with Crippen LogP contribution in [0, 0.1) is 5.82 Å². The average Bonchev–Trinajstić information content (AvgIpc) is 3.32. The van der Waals surface area contributed by atoms with Crippen molar-refractivity contribution in [1.29, 1.82) is 0 Å². The van der Waals surface area contributed by atoms with Crippen molar-refractivity contribution in [3.63, 3.8) is 0 Å². The van der Waals surface area contributed by atoms with Crippen molar-refractivity contribution in [3.05, 3.63) is 35.6 Å². The number of hydrogen-bond donors (Lipinski definition) is 2. The topological polar surface area (TPSA) is 81.8 Å². The maximum absolute atomic E-state index is 13.8. The molecule has 1 aliphatic carbocycles. The van der Waals surface area contributed by atoms with Crippen molar-refractivity contribution in [3.8, 4) is 0 Å². The van der Waals surface area contributed by atoms with E-state index >= 15 is 0 Å². The first-order valence-electron chi connectivity index (χ1n) is 10.8. The number of carbonyl (C=O) groups is 3. The van der Waals surface area contributed by atoms with E-state index in [1.807, 2.05) is 0 Å². The molecule has 162 valence electrons. The van der Waals surface area contributed by atoms with Crippen LogP contribution >= 0.6 is 0 Å². The van der Waals surface area contributed by atoms with Gasteiger partial charge in [-0.3, -0.25) is 14.5 Å². The molecule has 0 bridgehead atoms. The molecular weight excluding hydrogens is 387 g/mol. The second kappa shape index (κ2) is 8.71. The molecule has 0 unspecified atom stereocenters. The summed E-state index contributed by atoms with van der Waals surface area (Å²) in [5, 5.41) is 5.38. The number of carbonyl (C=O) groups excluding carboxylic acids is 3. The number of amides is 4. The van der Waals surface area contributed by atoms with Gasteiger partial charge in [0.1, 0.15) is 12.4 Å². The number of nitrogens with one attached hydrogen (secondary N) is 2. The molecule has 4 rings (SSSR count). The van der Waals surface area contributed by atoms with E-state index in [0.717, 1.165) is 55.8 Å². The molecule has 8 heteroatoms. The van der Waals surface area contributed by atoms with Gasteiger partial charge in [-0.05, 0) is 43.4 Å². The van der Waals surface area contributed by atoms with E-state index < -0.39 is 6.03 Å². The number of urea groups is 1. The van der Waals surface area contributed by atoms with E-state index in [4.69, 9.17) is 0 Å². The molecule has 1 aromatic rings. The second-order valence-corrected chi connectivity index (χ2v) is 8.75. The second-order valence-electron chi connectivity index (χ2n) is 8.75. The standard InChI is InChI=1S/C22H29FN4O3/c23-17-5-3-4-16(12-17)22(8-1-2-9-22)15-26-10-6-18(7-11-26)25-19(28)14-27-20(29)13-24-21(27)30/h3-5,12,18H,1-2,6-11,13-15H2,(H,24,30)(H,25,28). The van der Waals surface area contributed by atoms with Gasteiger partial charge in [0.25, 0.3) is 5.91 Å². The fourth-order valence-electron chi connectivity index (χ4n) is 5.10. The Morgan fingerprint density at radius 3 is 2.57 bits per heavy atom. The third-order valence-electron chi connectivity index (χ3n) is 6.72. The zero-order chi connectivity index (χ0) is 21.1. The molecule has 0 radical (unpaired) electrons. The molecule has 0 atom stereocenters. The van der Waals surface area contributed by atoms with Crippen LogP contribution in [0.5, 0.6) is 0 Å². The molecule has 1 saturated carbocycles. The van der Waals surface area contributed by atoms with Crippen molar-refractivity contribution in [2.75, 3.05) is 32.7 Å². The largest absolute Gasteiger partial charge is 0.352 e. The van der Waals surface area contributed by atoms with Gasteiger partial charge in [-0.1, -0.05) is 25.0 Å². The summed E-state index contributed by atoms with van der Waals surface area (Å²) in [7, 11) is 0. The zero-order valence-electron chi connectivity index (χ0n) is 17.2. The molecule has 0 aromatic heterocycles. The number of rotatable bonds is 6. The van der Waals surface area contributed by atoms with Crippen LogP contribution in [0.2, 0.25) is 0 Å². The Kier molecular flexibility index (Phi) is 6.04. The van der Waals surface area contributed by atoms with Gasteiger partial charge in [0, 0.05) is 31.1 Å². The summed E-state index contributed by atoms with van der Waals surface area (Å²) in [4.78, 5) is 38.8. The van der Waals surface area contributed by atoms with Crippen LogP contribution in [0.15, 0.2) is 24.3 Å². The predicted molar refractivity (Wildman–Crippen MR) is 109 cm³/mol. The number of imide groups is 1. The van der Waals surface area contributed by atoms with Gasteiger partial charge >= 0.3 is 6.03 Å². The van der Waals surface area contributed by atoms with Gasteiger partial charge in [-0.25, -0.2) is 9.18 Å². The lowest BCUT2D eigenvalue weighted by molar-refractivity contribution is -0.131. The van der Waals surface area contributed by atoms with Crippen LogP contribution in [-0.2, 0) is 15.0 Å². The van der Waals surface area contributed by atoms with Crippen molar-refractivity contribution in [2.24, 2.45) is 0 Å². The molecule has 2 N–H and O–H groups in total. The van der Waals surface area contributed by atoms with Gasteiger partial charge in [-0.2, -0.15) is 0 Å². The van der Waals surface area contributed by atoms with Crippen LogP contribution in [-0.4, -0.2) is 66.4 Å². The highest BCUT2D eigenvalue weighted by molar-refractivity contribution is 6.04. The van der Waals surface area contributed by atoms with Crippen LogP contribution in [0.3, 0.4) is 0 Å². The van der Waals surface area contributed by atoms with Gasteiger partial charge in [0.05, 0.1) is 6.54 Å². The predicted octanol–water partition coefficient (Wildman–Crippen LogP) is 1.77. The number of piperidine rings is 1. The van der Waals surface area contributed by atoms with Gasteiger partial charge < -0.3 is 15.5 Å². The molecule has 0 spiro atoms. The van der Waals surface area contributed by atoms with Gasteiger partial charge in [0.2, 0.25) is 5.91 Å². The molecule has 3 aliphatic rings. The van der Waals surface area contributed by atoms with Crippen molar-refractivity contribution in [2.45, 2.75) is 50.0 Å². The third-order valence-corrected chi connectivity index (χ3v) is 6.72. The number of benzene rings is 1. The first-order chi connectivity index (χ1) is 14.4. The summed E-state index contributed by atoms with van der Waals surface area (Å²) in [5.41, 5.74) is 1.12. The summed E-state index contributed by atoms with van der Waals surface area (Å²) < 4.78 is 13.8. The first kappa shape index (κ1) is 20.8. The molecule has 7 nitrogen and oxygen atoms in total. The number of halogens is 1. The van der Waals surface area contributed by atoms with E-state index in [-0.39, 0.29) is 42.2 Å². The molecule has 30 heavy (non-hydrogen) atoms. The molecule has 4 amide bonds. The van der Waals surface area contributed by atoms with Crippen LogP contribution in [0.25, 0.3) is 0 Å². The first-order valence-corrected chi connectivity index (χ1v) is 10.8. The number of hydrogen-bond acceptors (Lipinski definition) is 4. The molecule has 3 fully saturated rings. The number of nitrogens with zero attached hydrogens (tertiary/aromatic N) is 2. The lowest BCUT2D eigenvalue weighted by atomic mass is 9.78. The van der Waals surface area contributed by atoms with Crippen LogP contribution in [0.1, 0.15) is 44.1 Å². The minimum Gasteiger partial charge on any atom is -0.352 e. The summed E-state index contributed by atoms with van der Waals surface area (Å²) in [5.74, 6) is -0.847. The lowest BCUT2D eigenvalue weighted by Gasteiger charge is -2.39. The van der Waals surface area contributed by atoms with E-state index in [0.29, 0.717) is 0 Å². The van der Waals surface area contributed by atoms with Gasteiger partial charge in [-0.15, -0.1) is 0 Å². The average molecular weight is 416 g/mol. The highest BCUT2D eigenvalue weighted by atomic mass is 19.1. The normalized spacial score (nSPS) is 22.4. The summed E-state index contributed by atoms with van der Waals surface area (Å²) in [6.45, 7) is 2.38. The smallest absolute Gasteiger partial charge is 0.325 e. The third kappa shape index (κ3) is 4.48. The maximum Gasteiger partial charge on any atom is 0.325 e. The monoisotopic (exact) mass is 416 g/mol. The molecular formula is C22H29FN4O3. The molecule has 2 heterocycles. The summed E-state index contributed by atoms with van der Waals surface area (Å²) in [6, 6.07) is 6.58. The minimum atomic E-state index is -0.510. The van der Waals surface area contributed by atoms with E-state index in [1.165, 1.54) is 18.9 Å². The van der Waals surface area contributed by atoms with Crippen molar-refractivity contribution < 1.29 is 18.8 Å². The van der Waals surface area contributed by atoms with Crippen LogP contribution < -0.4 is 10.6 Å². The summed E-state index contributed by atoms with van der Waals surface area (Å²) >= 11 is 0. The molecule has 2 aliphatic heterocycles. The Labute approximate surface area is 176 Å². The Bertz CT molecular complexity index is 800. The molecule has 2 saturated heterocycles. The van der Waals surface area contributed by atoms with E-state index in [9.17, 15) is 18.8 Å².